The number of halogens is 4. The van der Waals surface area contributed by atoms with Crippen LogP contribution in [0.4, 0.5) is 13.2 Å². The molecule has 1 aliphatic heterocycles. The Morgan fingerprint density at radius 2 is 2.17 bits per heavy atom. The van der Waals surface area contributed by atoms with Gasteiger partial charge in [-0.15, -0.1) is 12.4 Å². The highest BCUT2D eigenvalue weighted by molar-refractivity contribution is 7.99. The molecule has 0 aromatic carbocycles. The van der Waals surface area contributed by atoms with Crippen LogP contribution in [0.25, 0.3) is 0 Å². The van der Waals surface area contributed by atoms with Crippen molar-refractivity contribution in [2.45, 2.75) is 31.5 Å². The van der Waals surface area contributed by atoms with Gasteiger partial charge in [-0.3, -0.25) is 4.79 Å². The lowest BCUT2D eigenvalue weighted by Crippen LogP contribution is -2.41. The molecule has 18 heavy (non-hydrogen) atoms. The lowest BCUT2D eigenvalue weighted by Gasteiger charge is -2.22. The van der Waals surface area contributed by atoms with Gasteiger partial charge in [0.25, 0.3) is 0 Å². The minimum atomic E-state index is -4.13. The average molecular weight is 307 g/mol. The van der Waals surface area contributed by atoms with Crippen LogP contribution < -0.4 is 10.6 Å². The van der Waals surface area contributed by atoms with Crippen molar-refractivity contribution in [3.8, 4) is 0 Å². The van der Waals surface area contributed by atoms with Crippen molar-refractivity contribution < 1.29 is 18.0 Å². The summed E-state index contributed by atoms with van der Waals surface area (Å²) in [5.74, 6) is 1.76. The van der Waals surface area contributed by atoms with Crippen molar-refractivity contribution in [3.05, 3.63) is 0 Å². The fourth-order valence-corrected chi connectivity index (χ4v) is 2.51. The first-order valence-corrected chi connectivity index (χ1v) is 6.77. The Balaban J connectivity index is 0.00000289. The maximum Gasteiger partial charge on any atom is 0.389 e. The molecule has 3 nitrogen and oxygen atoms in total. The number of hydrogen-bond donors (Lipinski definition) is 2. The van der Waals surface area contributed by atoms with Gasteiger partial charge in [0.2, 0.25) is 5.91 Å². The van der Waals surface area contributed by atoms with Crippen LogP contribution in [0.2, 0.25) is 0 Å². The van der Waals surface area contributed by atoms with Crippen molar-refractivity contribution in [1.82, 2.24) is 10.6 Å². The van der Waals surface area contributed by atoms with Crippen molar-refractivity contribution >= 4 is 30.1 Å². The summed E-state index contributed by atoms with van der Waals surface area (Å²) in [7, 11) is 0. The summed E-state index contributed by atoms with van der Waals surface area (Å²) in [4.78, 5) is 11.4. The molecule has 1 rings (SSSR count). The molecule has 0 aliphatic carbocycles. The molecule has 0 saturated carbocycles. The van der Waals surface area contributed by atoms with Crippen molar-refractivity contribution in [2.75, 3.05) is 24.6 Å². The van der Waals surface area contributed by atoms with Crippen LogP contribution in [0.15, 0.2) is 0 Å². The second-order valence-electron chi connectivity index (χ2n) is 4.00. The van der Waals surface area contributed by atoms with Crippen molar-refractivity contribution in [1.29, 1.82) is 0 Å². The molecule has 0 aromatic rings. The van der Waals surface area contributed by atoms with E-state index in [1.54, 1.807) is 11.8 Å². The molecule has 1 fully saturated rings. The Labute approximate surface area is 115 Å². The van der Waals surface area contributed by atoms with E-state index in [1.807, 2.05) is 0 Å². The molecule has 0 bridgehead atoms. The number of alkyl halides is 3. The quantitative estimate of drug-likeness (QED) is 0.763. The molecule has 1 aliphatic rings. The monoisotopic (exact) mass is 306 g/mol. The SMILES string of the molecule is Cl.O=C(CC1CSCCN1)NCCCC(F)(F)F. The number of nitrogens with one attached hydrogen (secondary N) is 2. The fourth-order valence-electron chi connectivity index (χ4n) is 1.56. The lowest BCUT2D eigenvalue weighted by molar-refractivity contribution is -0.136. The summed E-state index contributed by atoms with van der Waals surface area (Å²) >= 11 is 1.79. The van der Waals surface area contributed by atoms with Crippen LogP contribution in [0.3, 0.4) is 0 Å². The Hall–Kier alpha value is -0.140. The Morgan fingerprint density at radius 3 is 2.72 bits per heavy atom. The zero-order valence-electron chi connectivity index (χ0n) is 9.89. The van der Waals surface area contributed by atoms with Gasteiger partial charge < -0.3 is 10.6 Å². The summed E-state index contributed by atoms with van der Waals surface area (Å²) in [5.41, 5.74) is 0. The van der Waals surface area contributed by atoms with Gasteiger partial charge in [0.15, 0.2) is 0 Å². The largest absolute Gasteiger partial charge is 0.389 e. The van der Waals surface area contributed by atoms with Crippen molar-refractivity contribution in [2.24, 2.45) is 0 Å². The number of rotatable bonds is 5. The Bertz CT molecular complexity index is 248. The predicted molar refractivity (Wildman–Crippen MR) is 69.3 cm³/mol. The van der Waals surface area contributed by atoms with Gasteiger partial charge in [-0.1, -0.05) is 0 Å². The summed E-state index contributed by atoms with van der Waals surface area (Å²) in [6.45, 7) is 0.981. The van der Waals surface area contributed by atoms with E-state index >= 15 is 0 Å². The summed E-state index contributed by atoms with van der Waals surface area (Å²) in [5, 5.41) is 5.72. The molecule has 2 N–H and O–H groups in total. The van der Waals surface area contributed by atoms with E-state index in [-0.39, 0.29) is 37.3 Å². The van der Waals surface area contributed by atoms with Gasteiger partial charge in [0.05, 0.1) is 0 Å². The second kappa shape index (κ2) is 8.87. The molecule has 0 radical (unpaired) electrons. The molecule has 0 aromatic heterocycles. The van der Waals surface area contributed by atoms with E-state index < -0.39 is 12.6 Å². The lowest BCUT2D eigenvalue weighted by atomic mass is 10.2. The standard InChI is InChI=1S/C10H17F3N2OS.ClH/c11-10(12,13)2-1-3-15-9(16)6-8-7-17-5-4-14-8;/h8,14H,1-7H2,(H,15,16);1H. The normalized spacial score (nSPS) is 20.1. The van der Waals surface area contributed by atoms with Gasteiger partial charge in [-0.05, 0) is 6.42 Å². The van der Waals surface area contributed by atoms with Crippen LogP contribution in [0.5, 0.6) is 0 Å². The van der Waals surface area contributed by atoms with Crippen LogP contribution in [-0.4, -0.2) is 42.7 Å². The zero-order chi connectivity index (χ0) is 12.7. The Kier molecular flexibility index (Phi) is 8.81. The molecular weight excluding hydrogens is 289 g/mol. The van der Waals surface area contributed by atoms with Crippen LogP contribution in [-0.2, 0) is 4.79 Å². The maximum atomic E-state index is 11.8. The number of amides is 1. The first-order chi connectivity index (χ1) is 7.97. The van der Waals surface area contributed by atoms with E-state index in [4.69, 9.17) is 0 Å². The van der Waals surface area contributed by atoms with Gasteiger partial charge in [0.1, 0.15) is 0 Å². The first-order valence-electron chi connectivity index (χ1n) is 5.62. The zero-order valence-corrected chi connectivity index (χ0v) is 11.5. The Morgan fingerprint density at radius 1 is 1.44 bits per heavy atom. The molecule has 1 heterocycles. The maximum absolute atomic E-state index is 11.8. The predicted octanol–water partition coefficient (Wildman–Crippen LogP) is 1.96. The smallest absolute Gasteiger partial charge is 0.356 e. The molecular formula is C10H18ClF3N2OS. The molecule has 8 heteroatoms. The van der Waals surface area contributed by atoms with E-state index in [2.05, 4.69) is 10.6 Å². The van der Waals surface area contributed by atoms with E-state index in [9.17, 15) is 18.0 Å². The number of thioether (sulfide) groups is 1. The number of carbonyl (C=O) groups excluding carboxylic acids is 1. The summed E-state index contributed by atoms with van der Waals surface area (Å²) in [6.07, 6.45) is -4.68. The third-order valence-electron chi connectivity index (χ3n) is 2.39. The molecule has 0 spiro atoms. The van der Waals surface area contributed by atoms with E-state index in [0.29, 0.717) is 6.42 Å². The van der Waals surface area contributed by atoms with Gasteiger partial charge in [-0.25, -0.2) is 0 Å². The van der Waals surface area contributed by atoms with E-state index in [0.717, 1.165) is 18.1 Å². The summed E-state index contributed by atoms with van der Waals surface area (Å²) in [6, 6.07) is 0.149. The summed E-state index contributed by atoms with van der Waals surface area (Å²) < 4.78 is 35.5. The minimum Gasteiger partial charge on any atom is -0.356 e. The van der Waals surface area contributed by atoms with E-state index in [1.165, 1.54) is 0 Å². The number of carbonyl (C=O) groups is 1. The van der Waals surface area contributed by atoms with Gasteiger partial charge >= 0.3 is 6.18 Å². The van der Waals surface area contributed by atoms with Crippen molar-refractivity contribution in [3.63, 3.8) is 0 Å². The third kappa shape index (κ3) is 8.88. The van der Waals surface area contributed by atoms with Crippen LogP contribution in [0, 0.1) is 0 Å². The molecule has 1 atom stereocenters. The highest BCUT2D eigenvalue weighted by Crippen LogP contribution is 2.20. The average Bonchev–Trinajstić information content (AvgIpc) is 2.25. The van der Waals surface area contributed by atoms with Crippen LogP contribution >= 0.6 is 24.2 Å². The molecule has 1 unspecified atom stereocenters. The van der Waals surface area contributed by atoms with Crippen LogP contribution in [0.1, 0.15) is 19.3 Å². The topological polar surface area (TPSA) is 41.1 Å². The second-order valence-corrected chi connectivity index (χ2v) is 5.15. The highest BCUT2D eigenvalue weighted by atomic mass is 35.5. The highest BCUT2D eigenvalue weighted by Gasteiger charge is 2.26. The first kappa shape index (κ1) is 17.9. The number of hydrogen-bond acceptors (Lipinski definition) is 3. The van der Waals surface area contributed by atoms with Gasteiger partial charge in [-0.2, -0.15) is 24.9 Å². The molecule has 108 valence electrons. The molecule has 1 amide bonds. The van der Waals surface area contributed by atoms with Gasteiger partial charge in [0, 0.05) is 43.5 Å². The minimum absolute atomic E-state index is 0. The molecule has 1 saturated heterocycles. The third-order valence-corrected chi connectivity index (χ3v) is 3.52. The fraction of sp³-hybridized carbons (Fsp3) is 0.900.